The molecule has 1 N–H and O–H groups in total. The van der Waals surface area contributed by atoms with Crippen LogP contribution in [0.5, 0.6) is 0 Å². The van der Waals surface area contributed by atoms with Gasteiger partial charge >= 0.3 is 0 Å². The predicted octanol–water partition coefficient (Wildman–Crippen LogP) is 4.99. The minimum absolute atomic E-state index is 0.0942. The van der Waals surface area contributed by atoms with Crippen LogP contribution in [-0.4, -0.2) is 43.3 Å². The number of aromatic nitrogens is 3. The Bertz CT molecular complexity index is 1130. The molecule has 0 aliphatic carbocycles. The number of nitrogens with one attached hydrogen (secondary N) is 1. The predicted molar refractivity (Wildman–Crippen MR) is 135 cm³/mol. The van der Waals surface area contributed by atoms with Crippen LogP contribution >= 0.6 is 11.8 Å². The van der Waals surface area contributed by atoms with E-state index in [4.69, 9.17) is 0 Å². The average molecular weight is 478 g/mol. The first kappa shape index (κ1) is 24.0. The third kappa shape index (κ3) is 5.67. The van der Waals surface area contributed by atoms with Crippen LogP contribution in [0, 0.1) is 0 Å². The summed E-state index contributed by atoms with van der Waals surface area (Å²) < 4.78 is 2.00. The summed E-state index contributed by atoms with van der Waals surface area (Å²) in [6.45, 7) is 5.81. The number of thioether (sulfide) groups is 1. The molecule has 1 aromatic heterocycles. The first-order valence-electron chi connectivity index (χ1n) is 11.9. The van der Waals surface area contributed by atoms with E-state index < -0.39 is 0 Å². The SMILES string of the molecule is CCn1c(CN2CCCCCC2=O)nnc1S[C@H](C)C(=O)Nc1ccccc1-c1ccccc1. The molecule has 1 fully saturated rings. The van der Waals surface area contributed by atoms with E-state index >= 15 is 0 Å². The largest absolute Gasteiger partial charge is 0.335 e. The van der Waals surface area contributed by atoms with Gasteiger partial charge in [0.05, 0.1) is 11.8 Å². The van der Waals surface area contributed by atoms with Gasteiger partial charge in [-0.25, -0.2) is 0 Å². The molecule has 0 unspecified atom stereocenters. The van der Waals surface area contributed by atoms with Crippen LogP contribution in [0.2, 0.25) is 0 Å². The van der Waals surface area contributed by atoms with Gasteiger partial charge in [0.1, 0.15) is 0 Å². The third-order valence-corrected chi connectivity index (χ3v) is 7.11. The van der Waals surface area contributed by atoms with Crippen LogP contribution in [0.25, 0.3) is 11.1 Å². The van der Waals surface area contributed by atoms with Gasteiger partial charge in [0.15, 0.2) is 11.0 Å². The van der Waals surface area contributed by atoms with E-state index in [-0.39, 0.29) is 17.1 Å². The van der Waals surface area contributed by atoms with E-state index in [1.807, 2.05) is 77.9 Å². The minimum atomic E-state index is -0.369. The van der Waals surface area contributed by atoms with Crippen molar-refractivity contribution in [3.05, 3.63) is 60.4 Å². The van der Waals surface area contributed by atoms with Crippen molar-refractivity contribution in [1.29, 1.82) is 0 Å². The molecule has 0 bridgehead atoms. The minimum Gasteiger partial charge on any atom is -0.335 e. The van der Waals surface area contributed by atoms with Crippen LogP contribution in [-0.2, 0) is 22.7 Å². The fraction of sp³-hybridized carbons (Fsp3) is 0.385. The number of hydrogen-bond donors (Lipinski definition) is 1. The summed E-state index contributed by atoms with van der Waals surface area (Å²) in [5, 5.41) is 12.1. The maximum absolute atomic E-state index is 13.1. The standard InChI is InChI=1S/C26H31N5O2S/c1-3-31-23(18-30-17-11-5-8-16-24(30)32)28-29-26(31)34-19(2)25(33)27-22-15-10-9-14-21(22)20-12-6-4-7-13-20/h4,6-7,9-10,12-15,19H,3,5,8,11,16-18H2,1-2H3,(H,27,33)/t19-/m1/s1. The van der Waals surface area contributed by atoms with Gasteiger partial charge in [0.25, 0.3) is 0 Å². The molecule has 8 heteroatoms. The maximum atomic E-state index is 13.1. The highest BCUT2D eigenvalue weighted by atomic mass is 32.2. The van der Waals surface area contributed by atoms with Gasteiger partial charge in [0, 0.05) is 30.8 Å². The highest BCUT2D eigenvalue weighted by molar-refractivity contribution is 8.00. The highest BCUT2D eigenvalue weighted by Crippen LogP contribution is 2.29. The van der Waals surface area contributed by atoms with Crippen molar-refractivity contribution < 1.29 is 9.59 Å². The normalized spacial score (nSPS) is 15.1. The van der Waals surface area contributed by atoms with E-state index in [1.54, 1.807) is 0 Å². The van der Waals surface area contributed by atoms with Gasteiger partial charge in [-0.15, -0.1) is 10.2 Å². The molecule has 4 rings (SSSR count). The van der Waals surface area contributed by atoms with Crippen LogP contribution in [0.4, 0.5) is 5.69 Å². The Morgan fingerprint density at radius 2 is 1.82 bits per heavy atom. The van der Waals surface area contributed by atoms with E-state index in [0.29, 0.717) is 24.7 Å². The molecule has 2 amide bonds. The van der Waals surface area contributed by atoms with E-state index in [9.17, 15) is 9.59 Å². The lowest BCUT2D eigenvalue weighted by Crippen LogP contribution is -2.31. The fourth-order valence-corrected chi connectivity index (χ4v) is 5.06. The van der Waals surface area contributed by atoms with Crippen LogP contribution in [0.1, 0.15) is 45.4 Å². The van der Waals surface area contributed by atoms with Gasteiger partial charge in [-0.05, 0) is 38.3 Å². The molecule has 1 aliphatic heterocycles. The number of para-hydroxylation sites is 1. The Morgan fingerprint density at radius 1 is 1.06 bits per heavy atom. The Hall–Kier alpha value is -3.13. The van der Waals surface area contributed by atoms with Crippen LogP contribution < -0.4 is 5.32 Å². The number of benzene rings is 2. The molecule has 0 radical (unpaired) electrons. The molecule has 0 spiro atoms. The molecule has 2 heterocycles. The Balaban J connectivity index is 1.45. The summed E-state index contributed by atoms with van der Waals surface area (Å²) in [7, 11) is 0. The van der Waals surface area contributed by atoms with Gasteiger partial charge in [0.2, 0.25) is 11.8 Å². The summed E-state index contributed by atoms with van der Waals surface area (Å²) in [5.41, 5.74) is 2.82. The number of carbonyl (C=O) groups excluding carboxylic acids is 2. The fourth-order valence-electron chi connectivity index (χ4n) is 4.12. The van der Waals surface area contributed by atoms with E-state index in [1.165, 1.54) is 11.8 Å². The molecule has 34 heavy (non-hydrogen) atoms. The Morgan fingerprint density at radius 3 is 2.62 bits per heavy atom. The second-order valence-corrected chi connectivity index (χ2v) is 9.74. The highest BCUT2D eigenvalue weighted by Gasteiger charge is 2.23. The van der Waals surface area contributed by atoms with Crippen molar-refractivity contribution >= 4 is 29.3 Å². The molecule has 2 aromatic carbocycles. The summed E-state index contributed by atoms with van der Waals surface area (Å²) in [5.74, 6) is 0.854. The molecule has 1 aliphatic rings. The molecule has 178 valence electrons. The average Bonchev–Trinajstić information content (AvgIpc) is 3.12. The second kappa shape index (κ2) is 11.3. The number of nitrogens with zero attached hydrogens (tertiary/aromatic N) is 4. The zero-order valence-electron chi connectivity index (χ0n) is 19.7. The maximum Gasteiger partial charge on any atom is 0.237 e. The molecule has 0 saturated carbocycles. The first-order chi connectivity index (χ1) is 16.6. The number of rotatable bonds is 8. The van der Waals surface area contributed by atoms with Crippen LogP contribution in [0.3, 0.4) is 0 Å². The van der Waals surface area contributed by atoms with Crippen molar-refractivity contribution in [3.8, 4) is 11.1 Å². The van der Waals surface area contributed by atoms with Gasteiger partial charge in [-0.3, -0.25) is 9.59 Å². The third-order valence-electron chi connectivity index (χ3n) is 6.03. The monoisotopic (exact) mass is 477 g/mol. The van der Waals surface area contributed by atoms with Gasteiger partial charge in [-0.1, -0.05) is 66.7 Å². The molecule has 7 nitrogen and oxygen atoms in total. The number of carbonyl (C=O) groups is 2. The van der Waals surface area contributed by atoms with Crippen molar-refractivity contribution in [2.24, 2.45) is 0 Å². The molecule has 1 saturated heterocycles. The number of hydrogen-bond acceptors (Lipinski definition) is 5. The first-order valence-corrected chi connectivity index (χ1v) is 12.8. The summed E-state index contributed by atoms with van der Waals surface area (Å²) in [4.78, 5) is 27.4. The van der Waals surface area contributed by atoms with Crippen molar-refractivity contribution in [3.63, 3.8) is 0 Å². The lowest BCUT2D eigenvalue weighted by molar-refractivity contribution is -0.131. The molecular formula is C26H31N5O2S. The lowest BCUT2D eigenvalue weighted by Gasteiger charge is -2.20. The summed E-state index contributed by atoms with van der Waals surface area (Å²) >= 11 is 1.39. The zero-order chi connectivity index (χ0) is 23.9. The topological polar surface area (TPSA) is 80.1 Å². The van der Waals surface area contributed by atoms with Gasteiger partial charge < -0.3 is 14.8 Å². The quantitative estimate of drug-likeness (QED) is 0.463. The van der Waals surface area contributed by atoms with E-state index in [2.05, 4.69) is 15.5 Å². The number of amides is 2. The smallest absolute Gasteiger partial charge is 0.237 e. The number of anilines is 1. The molecular weight excluding hydrogens is 446 g/mol. The van der Waals surface area contributed by atoms with E-state index in [0.717, 1.165) is 48.4 Å². The van der Waals surface area contributed by atoms with Crippen molar-refractivity contribution in [2.45, 2.75) is 63.0 Å². The Labute approximate surface area is 205 Å². The second-order valence-electron chi connectivity index (χ2n) is 8.43. The van der Waals surface area contributed by atoms with Gasteiger partial charge in [-0.2, -0.15) is 0 Å². The Kier molecular flexibility index (Phi) is 8.00. The lowest BCUT2D eigenvalue weighted by atomic mass is 10.0. The zero-order valence-corrected chi connectivity index (χ0v) is 20.6. The number of likely N-dealkylation sites (tertiary alicyclic amines) is 1. The van der Waals surface area contributed by atoms with Crippen molar-refractivity contribution in [1.82, 2.24) is 19.7 Å². The van der Waals surface area contributed by atoms with Crippen LogP contribution in [0.15, 0.2) is 59.8 Å². The summed E-state index contributed by atoms with van der Waals surface area (Å²) in [6, 6.07) is 17.8. The molecule has 3 aromatic rings. The summed E-state index contributed by atoms with van der Waals surface area (Å²) in [6.07, 6.45) is 3.67. The van der Waals surface area contributed by atoms with Crippen molar-refractivity contribution in [2.75, 3.05) is 11.9 Å². The molecule has 1 atom stereocenters.